The first-order valence-corrected chi connectivity index (χ1v) is 4.00. The first kappa shape index (κ1) is 11.2. The van der Waals surface area contributed by atoms with E-state index in [1.807, 2.05) is 0 Å². The predicted molar refractivity (Wildman–Crippen MR) is 43.1 cm³/mol. The van der Waals surface area contributed by atoms with Crippen molar-refractivity contribution < 1.29 is 19.4 Å². The average Bonchev–Trinajstić information content (AvgIpc) is 1.97. The predicted octanol–water partition coefficient (Wildman–Crippen LogP) is 1.02. The molecule has 0 spiro atoms. The molecule has 0 radical (unpaired) electrons. The number of carboxylic acid groups (broad SMARTS) is 1. The molecule has 0 heterocycles. The molecule has 1 atom stereocenters. The highest BCUT2D eigenvalue weighted by atomic mass is 35.5. The Morgan fingerprint density at radius 2 is 2.17 bits per heavy atom. The fraction of sp³-hybridized carbons (Fsp3) is 0.714. The first-order chi connectivity index (χ1) is 5.54. The van der Waals surface area contributed by atoms with E-state index < -0.39 is 17.3 Å². The number of esters is 1. The summed E-state index contributed by atoms with van der Waals surface area (Å²) in [5.74, 6) is -1.41. The fourth-order valence-corrected chi connectivity index (χ4v) is 0.574. The summed E-state index contributed by atoms with van der Waals surface area (Å²) < 4.78 is 4.62. The van der Waals surface area contributed by atoms with Crippen molar-refractivity contribution >= 4 is 23.5 Å². The van der Waals surface area contributed by atoms with E-state index in [2.05, 4.69) is 4.74 Å². The molecule has 0 bridgehead atoms. The topological polar surface area (TPSA) is 63.6 Å². The van der Waals surface area contributed by atoms with Gasteiger partial charge >= 0.3 is 11.9 Å². The summed E-state index contributed by atoms with van der Waals surface area (Å²) in [6.07, 6.45) is 0.328. The van der Waals surface area contributed by atoms with Gasteiger partial charge < -0.3 is 9.84 Å². The summed E-state index contributed by atoms with van der Waals surface area (Å²) in [6, 6.07) is 0. The molecular weight excluding hydrogens is 184 g/mol. The molecule has 0 aliphatic heterocycles. The van der Waals surface area contributed by atoms with Crippen molar-refractivity contribution in [2.24, 2.45) is 0 Å². The lowest BCUT2D eigenvalue weighted by Crippen LogP contribution is -2.15. The van der Waals surface area contributed by atoms with Crippen LogP contribution in [-0.4, -0.2) is 29.0 Å². The highest BCUT2D eigenvalue weighted by Gasteiger charge is 2.09. The van der Waals surface area contributed by atoms with Gasteiger partial charge in [0, 0.05) is 6.42 Å². The van der Waals surface area contributed by atoms with Gasteiger partial charge in [-0.15, -0.1) is 11.6 Å². The van der Waals surface area contributed by atoms with E-state index in [-0.39, 0.29) is 13.0 Å². The van der Waals surface area contributed by atoms with E-state index in [0.717, 1.165) is 0 Å². The molecule has 0 saturated heterocycles. The fourth-order valence-electron chi connectivity index (χ4n) is 0.511. The van der Waals surface area contributed by atoms with Gasteiger partial charge in [-0.1, -0.05) is 0 Å². The molecule has 5 heteroatoms. The summed E-state index contributed by atoms with van der Waals surface area (Å²) >= 11 is 5.38. The Kier molecular flexibility index (Phi) is 5.45. The largest absolute Gasteiger partial charge is 0.481 e. The highest BCUT2D eigenvalue weighted by molar-refractivity contribution is 6.29. The number of ether oxygens (including phenoxy) is 1. The van der Waals surface area contributed by atoms with Gasteiger partial charge in [-0.3, -0.25) is 9.59 Å². The van der Waals surface area contributed by atoms with Crippen LogP contribution in [0.2, 0.25) is 0 Å². The molecule has 70 valence electrons. The number of hydrogen-bond donors (Lipinski definition) is 1. The van der Waals surface area contributed by atoms with Crippen LogP contribution in [0.15, 0.2) is 0 Å². The molecule has 0 rings (SSSR count). The third-order valence-corrected chi connectivity index (χ3v) is 1.28. The second-order valence-electron chi connectivity index (χ2n) is 2.28. The Morgan fingerprint density at radius 1 is 1.58 bits per heavy atom. The van der Waals surface area contributed by atoms with Crippen molar-refractivity contribution in [2.45, 2.75) is 25.1 Å². The van der Waals surface area contributed by atoms with Crippen LogP contribution in [0, 0.1) is 0 Å². The third kappa shape index (κ3) is 5.97. The van der Waals surface area contributed by atoms with Crippen molar-refractivity contribution in [3.8, 4) is 0 Å². The van der Waals surface area contributed by atoms with Gasteiger partial charge in [-0.25, -0.2) is 0 Å². The van der Waals surface area contributed by atoms with Gasteiger partial charge in [0.2, 0.25) is 0 Å². The summed E-state index contributed by atoms with van der Waals surface area (Å²) in [4.78, 5) is 20.7. The molecule has 0 aliphatic rings. The van der Waals surface area contributed by atoms with Crippen molar-refractivity contribution in [3.05, 3.63) is 0 Å². The van der Waals surface area contributed by atoms with Crippen molar-refractivity contribution in [3.63, 3.8) is 0 Å². The molecule has 0 aromatic rings. The van der Waals surface area contributed by atoms with Crippen molar-refractivity contribution in [1.29, 1.82) is 0 Å². The van der Waals surface area contributed by atoms with Crippen molar-refractivity contribution in [2.75, 3.05) is 6.61 Å². The number of carbonyl (C=O) groups excluding carboxylic acids is 1. The Balaban J connectivity index is 3.32. The Hall–Kier alpha value is -0.770. The van der Waals surface area contributed by atoms with E-state index in [1.165, 1.54) is 6.92 Å². The second kappa shape index (κ2) is 5.83. The molecule has 0 saturated carbocycles. The molecular formula is C7H11ClO4. The first-order valence-electron chi connectivity index (χ1n) is 3.56. The van der Waals surface area contributed by atoms with Crippen LogP contribution < -0.4 is 0 Å². The lowest BCUT2D eigenvalue weighted by Gasteiger charge is -2.03. The van der Waals surface area contributed by atoms with Crippen LogP contribution in [0.4, 0.5) is 0 Å². The van der Waals surface area contributed by atoms with E-state index in [4.69, 9.17) is 16.7 Å². The van der Waals surface area contributed by atoms with E-state index in [9.17, 15) is 9.59 Å². The zero-order valence-corrected chi connectivity index (χ0v) is 7.50. The van der Waals surface area contributed by atoms with Crippen LogP contribution in [0.25, 0.3) is 0 Å². The van der Waals surface area contributed by atoms with Crippen LogP contribution in [-0.2, 0) is 14.3 Å². The molecule has 1 N–H and O–H groups in total. The second-order valence-corrected chi connectivity index (χ2v) is 2.94. The zero-order valence-electron chi connectivity index (χ0n) is 6.75. The number of rotatable bonds is 5. The lowest BCUT2D eigenvalue weighted by atomic mass is 10.3. The molecule has 0 amide bonds. The SMILES string of the molecule is CC(Cl)C(=O)OCCCC(=O)O. The standard InChI is InChI=1S/C7H11ClO4/c1-5(8)7(11)12-4-2-3-6(9)10/h5H,2-4H2,1H3,(H,9,10). The minimum absolute atomic E-state index is 0.00392. The maximum Gasteiger partial charge on any atom is 0.323 e. The van der Waals surface area contributed by atoms with Gasteiger partial charge in [0.1, 0.15) is 5.38 Å². The summed E-state index contributed by atoms with van der Waals surface area (Å²) in [5.41, 5.74) is 0. The zero-order chi connectivity index (χ0) is 9.56. The minimum atomic E-state index is -0.898. The maximum atomic E-state index is 10.7. The highest BCUT2D eigenvalue weighted by Crippen LogP contribution is 1.98. The van der Waals surface area contributed by atoms with Crippen molar-refractivity contribution in [1.82, 2.24) is 0 Å². The summed E-state index contributed by atoms with van der Waals surface area (Å²) in [5, 5.41) is 7.55. The molecule has 0 fully saturated rings. The molecule has 12 heavy (non-hydrogen) atoms. The number of aliphatic carboxylic acids is 1. The quantitative estimate of drug-likeness (QED) is 0.403. The smallest absolute Gasteiger partial charge is 0.323 e. The summed E-state index contributed by atoms with van der Waals surface area (Å²) in [7, 11) is 0. The molecule has 4 nitrogen and oxygen atoms in total. The van der Waals surface area contributed by atoms with Crippen LogP contribution in [0.5, 0.6) is 0 Å². The molecule has 0 aliphatic carbocycles. The maximum absolute atomic E-state index is 10.7. The van der Waals surface area contributed by atoms with Gasteiger partial charge in [-0.2, -0.15) is 0 Å². The van der Waals surface area contributed by atoms with Gasteiger partial charge in [-0.05, 0) is 13.3 Å². The Bertz CT molecular complexity index is 167. The van der Waals surface area contributed by atoms with Crippen LogP contribution >= 0.6 is 11.6 Å². The normalized spacial score (nSPS) is 12.2. The molecule has 0 aromatic heterocycles. The minimum Gasteiger partial charge on any atom is -0.481 e. The number of carboxylic acids is 1. The van der Waals surface area contributed by atoms with Gasteiger partial charge in [0.15, 0.2) is 0 Å². The molecule has 1 unspecified atom stereocenters. The van der Waals surface area contributed by atoms with Crippen LogP contribution in [0.3, 0.4) is 0 Å². The average molecular weight is 195 g/mol. The summed E-state index contributed by atoms with van der Waals surface area (Å²) in [6.45, 7) is 1.61. The van der Waals surface area contributed by atoms with E-state index >= 15 is 0 Å². The van der Waals surface area contributed by atoms with E-state index in [1.54, 1.807) is 0 Å². The number of carbonyl (C=O) groups is 2. The third-order valence-electron chi connectivity index (χ3n) is 1.10. The van der Waals surface area contributed by atoms with Gasteiger partial charge in [0.25, 0.3) is 0 Å². The monoisotopic (exact) mass is 194 g/mol. The van der Waals surface area contributed by atoms with Crippen LogP contribution in [0.1, 0.15) is 19.8 Å². The lowest BCUT2D eigenvalue weighted by molar-refractivity contribution is -0.144. The van der Waals surface area contributed by atoms with E-state index in [0.29, 0.717) is 6.42 Å². The number of halogens is 1. The number of hydrogen-bond acceptors (Lipinski definition) is 3. The number of alkyl halides is 1. The van der Waals surface area contributed by atoms with Gasteiger partial charge in [0.05, 0.1) is 6.61 Å². The molecule has 0 aromatic carbocycles. The Labute approximate surface area is 75.5 Å². The Morgan fingerprint density at radius 3 is 2.58 bits per heavy atom.